The van der Waals surface area contributed by atoms with Gasteiger partial charge < -0.3 is 14.6 Å². The molecule has 3 heterocycles. The molecule has 118 valence electrons. The predicted octanol–water partition coefficient (Wildman–Crippen LogP) is 2.40. The van der Waals surface area contributed by atoms with Gasteiger partial charge in [0.05, 0.1) is 19.5 Å². The molecule has 0 radical (unpaired) electrons. The average Bonchev–Trinajstić information content (AvgIpc) is 3.24. The number of nitrogens with zero attached hydrogens (tertiary/aromatic N) is 4. The van der Waals surface area contributed by atoms with Crippen LogP contribution in [0.25, 0.3) is 11.2 Å². The number of H-pyrrole nitrogens is 1. The summed E-state index contributed by atoms with van der Waals surface area (Å²) in [5.74, 6) is 1.48. The van der Waals surface area contributed by atoms with Crippen molar-refractivity contribution in [3.63, 3.8) is 0 Å². The van der Waals surface area contributed by atoms with Crippen molar-refractivity contribution in [3.8, 4) is 0 Å². The molecule has 1 N–H and O–H groups in total. The summed E-state index contributed by atoms with van der Waals surface area (Å²) in [6.07, 6.45) is 4.37. The Kier molecular flexibility index (Phi) is 3.90. The van der Waals surface area contributed by atoms with Gasteiger partial charge in [0.25, 0.3) is 0 Å². The second-order valence-corrected chi connectivity index (χ2v) is 5.90. The summed E-state index contributed by atoms with van der Waals surface area (Å²) in [5.41, 5.74) is 2.86. The Bertz CT molecular complexity index is 773. The lowest BCUT2D eigenvalue weighted by molar-refractivity contribution is 0.0929. The largest absolute Gasteiger partial charge is 0.376 e. The molecule has 0 saturated carbocycles. The van der Waals surface area contributed by atoms with Crippen LogP contribution in [0.5, 0.6) is 0 Å². The zero-order valence-corrected chi connectivity index (χ0v) is 12.9. The summed E-state index contributed by atoms with van der Waals surface area (Å²) in [6, 6.07) is 10.3. The molecule has 23 heavy (non-hydrogen) atoms. The molecule has 6 heteroatoms. The van der Waals surface area contributed by atoms with E-state index in [4.69, 9.17) is 4.74 Å². The maximum absolute atomic E-state index is 5.88. The molecule has 3 aromatic rings. The Morgan fingerprint density at radius 3 is 3.00 bits per heavy atom. The van der Waals surface area contributed by atoms with Gasteiger partial charge in [-0.15, -0.1) is 0 Å². The molecular formula is C17H19N5O. The van der Waals surface area contributed by atoms with Crippen molar-refractivity contribution in [1.82, 2.24) is 19.9 Å². The first-order chi connectivity index (χ1) is 11.4. The smallest absolute Gasteiger partial charge is 0.182 e. The molecule has 1 saturated heterocycles. The Morgan fingerprint density at radius 2 is 2.09 bits per heavy atom. The summed E-state index contributed by atoms with van der Waals surface area (Å²) >= 11 is 0. The van der Waals surface area contributed by atoms with Gasteiger partial charge in [-0.1, -0.05) is 30.3 Å². The van der Waals surface area contributed by atoms with Gasteiger partial charge in [-0.3, -0.25) is 0 Å². The zero-order valence-electron chi connectivity index (χ0n) is 12.9. The van der Waals surface area contributed by atoms with E-state index in [1.54, 1.807) is 12.7 Å². The summed E-state index contributed by atoms with van der Waals surface area (Å²) in [4.78, 5) is 18.2. The number of imidazole rings is 1. The molecule has 2 aromatic heterocycles. The van der Waals surface area contributed by atoms with E-state index in [0.29, 0.717) is 12.5 Å². The number of nitrogens with one attached hydrogen (secondary N) is 1. The van der Waals surface area contributed by atoms with E-state index in [9.17, 15) is 0 Å². The van der Waals surface area contributed by atoms with E-state index >= 15 is 0 Å². The highest BCUT2D eigenvalue weighted by Gasteiger charge is 2.25. The van der Waals surface area contributed by atoms with Crippen LogP contribution in [0.4, 0.5) is 5.82 Å². The van der Waals surface area contributed by atoms with Crippen LogP contribution >= 0.6 is 0 Å². The van der Waals surface area contributed by atoms with Crippen LogP contribution in [0.2, 0.25) is 0 Å². The van der Waals surface area contributed by atoms with Crippen LogP contribution in [-0.2, 0) is 11.3 Å². The van der Waals surface area contributed by atoms with E-state index in [2.05, 4.69) is 37.0 Å². The van der Waals surface area contributed by atoms with Crippen molar-refractivity contribution < 1.29 is 4.74 Å². The molecule has 0 aliphatic carbocycles. The molecule has 1 atom stereocenters. The highest BCUT2D eigenvalue weighted by atomic mass is 16.5. The fraction of sp³-hybridized carbons (Fsp3) is 0.353. The maximum Gasteiger partial charge on any atom is 0.182 e. The summed E-state index contributed by atoms with van der Waals surface area (Å²) in [6.45, 7) is 3.41. The first-order valence-electron chi connectivity index (χ1n) is 7.91. The van der Waals surface area contributed by atoms with Crippen LogP contribution < -0.4 is 4.90 Å². The van der Waals surface area contributed by atoms with Crippen LogP contribution in [0.1, 0.15) is 12.0 Å². The first-order valence-corrected chi connectivity index (χ1v) is 7.91. The molecule has 0 amide bonds. The van der Waals surface area contributed by atoms with Crippen molar-refractivity contribution in [2.45, 2.75) is 13.0 Å². The predicted molar refractivity (Wildman–Crippen MR) is 88.1 cm³/mol. The fourth-order valence-electron chi connectivity index (χ4n) is 3.07. The van der Waals surface area contributed by atoms with Gasteiger partial charge in [-0.2, -0.15) is 0 Å². The number of ether oxygens (including phenoxy) is 1. The molecule has 1 aromatic carbocycles. The Morgan fingerprint density at radius 1 is 1.17 bits per heavy atom. The van der Waals surface area contributed by atoms with Crippen LogP contribution in [0.15, 0.2) is 43.0 Å². The lowest BCUT2D eigenvalue weighted by atomic mass is 10.1. The lowest BCUT2D eigenvalue weighted by Gasteiger charge is -2.17. The van der Waals surface area contributed by atoms with Crippen LogP contribution in [0, 0.1) is 5.92 Å². The van der Waals surface area contributed by atoms with Crippen molar-refractivity contribution in [1.29, 1.82) is 0 Å². The number of rotatable bonds is 5. The number of aromatic amines is 1. The van der Waals surface area contributed by atoms with E-state index in [0.717, 1.165) is 43.1 Å². The van der Waals surface area contributed by atoms with Crippen molar-refractivity contribution in [3.05, 3.63) is 48.5 Å². The third-order valence-electron chi connectivity index (χ3n) is 4.25. The average molecular weight is 309 g/mol. The summed E-state index contributed by atoms with van der Waals surface area (Å²) in [7, 11) is 0. The van der Waals surface area contributed by atoms with E-state index in [1.165, 1.54) is 5.56 Å². The van der Waals surface area contributed by atoms with Crippen LogP contribution in [0.3, 0.4) is 0 Å². The minimum atomic E-state index is 0.534. The third-order valence-corrected chi connectivity index (χ3v) is 4.25. The quantitative estimate of drug-likeness (QED) is 0.784. The molecule has 6 nitrogen and oxygen atoms in total. The molecule has 1 aliphatic rings. The van der Waals surface area contributed by atoms with Crippen molar-refractivity contribution in [2.24, 2.45) is 5.92 Å². The van der Waals surface area contributed by atoms with Gasteiger partial charge in [-0.25, -0.2) is 15.0 Å². The van der Waals surface area contributed by atoms with Gasteiger partial charge >= 0.3 is 0 Å². The number of anilines is 1. The molecule has 1 aliphatic heterocycles. The number of aromatic nitrogens is 4. The van der Waals surface area contributed by atoms with E-state index in [-0.39, 0.29) is 0 Å². The minimum Gasteiger partial charge on any atom is -0.376 e. The van der Waals surface area contributed by atoms with Gasteiger partial charge in [-0.05, 0) is 12.0 Å². The van der Waals surface area contributed by atoms with Gasteiger partial charge in [0.15, 0.2) is 11.5 Å². The molecule has 1 fully saturated rings. The second-order valence-electron chi connectivity index (χ2n) is 5.90. The highest BCUT2D eigenvalue weighted by molar-refractivity contribution is 5.82. The third kappa shape index (κ3) is 3.03. The molecular weight excluding hydrogens is 290 g/mol. The number of benzene rings is 1. The topological polar surface area (TPSA) is 66.9 Å². The molecule has 0 bridgehead atoms. The number of fused-ring (bicyclic) bond motifs is 1. The van der Waals surface area contributed by atoms with E-state index in [1.807, 2.05) is 18.2 Å². The Hall–Kier alpha value is -2.47. The van der Waals surface area contributed by atoms with Gasteiger partial charge in [0.1, 0.15) is 11.8 Å². The first kappa shape index (κ1) is 14.1. The zero-order chi connectivity index (χ0) is 15.5. The molecule has 1 unspecified atom stereocenters. The number of hydrogen-bond acceptors (Lipinski definition) is 5. The molecule has 4 rings (SSSR count). The Labute approximate surface area is 134 Å². The summed E-state index contributed by atoms with van der Waals surface area (Å²) < 4.78 is 5.88. The minimum absolute atomic E-state index is 0.534. The monoisotopic (exact) mass is 309 g/mol. The van der Waals surface area contributed by atoms with Crippen molar-refractivity contribution >= 4 is 17.0 Å². The SMILES string of the molecule is c1ccc(COCC2CCN(c3ncnc4nc[nH]c34)C2)cc1. The molecule has 0 spiro atoms. The van der Waals surface area contributed by atoms with Gasteiger partial charge in [0, 0.05) is 19.0 Å². The lowest BCUT2D eigenvalue weighted by Crippen LogP contribution is -2.22. The van der Waals surface area contributed by atoms with E-state index < -0.39 is 0 Å². The van der Waals surface area contributed by atoms with Crippen LogP contribution in [-0.4, -0.2) is 39.6 Å². The number of hydrogen-bond donors (Lipinski definition) is 1. The highest BCUT2D eigenvalue weighted by Crippen LogP contribution is 2.26. The maximum atomic E-state index is 5.88. The van der Waals surface area contributed by atoms with Crippen molar-refractivity contribution in [2.75, 3.05) is 24.6 Å². The summed E-state index contributed by atoms with van der Waals surface area (Å²) in [5, 5.41) is 0. The Balaban J connectivity index is 1.35. The van der Waals surface area contributed by atoms with Gasteiger partial charge in [0.2, 0.25) is 0 Å². The fourth-order valence-corrected chi connectivity index (χ4v) is 3.07. The second kappa shape index (κ2) is 6.34. The standard InChI is InChI=1S/C17H19N5O/c1-2-4-13(5-3-1)9-23-10-14-6-7-22(8-14)17-15-16(19-11-18-15)20-12-21-17/h1-5,11-12,14H,6-10H2,(H,18,19,20,21). The normalized spacial score (nSPS) is 17.9.